The van der Waals surface area contributed by atoms with E-state index in [0.29, 0.717) is 30.7 Å². The smallest absolute Gasteiger partial charge is 0.315 e. The number of carbonyl (C=O) groups excluding carboxylic acids is 3. The van der Waals surface area contributed by atoms with Gasteiger partial charge in [0, 0.05) is 25.2 Å². The van der Waals surface area contributed by atoms with Gasteiger partial charge in [0.1, 0.15) is 11.3 Å². The molecular weight excluding hydrogens is 408 g/mol. The van der Waals surface area contributed by atoms with Gasteiger partial charge in [0.15, 0.2) is 0 Å². The maximum absolute atomic E-state index is 12.9. The molecule has 8 heteroatoms. The molecule has 3 rings (SSSR count). The molecule has 0 aromatic heterocycles. The number of benzene rings is 2. The fourth-order valence-corrected chi connectivity index (χ4v) is 3.79. The predicted octanol–water partition coefficient (Wildman–Crippen LogP) is 2.35. The lowest BCUT2D eigenvalue weighted by atomic mass is 9.96. The maximum Gasteiger partial charge on any atom is 0.315 e. The molecule has 0 atom stereocenters. The molecule has 1 aliphatic carbocycles. The molecule has 1 fully saturated rings. The van der Waals surface area contributed by atoms with Crippen LogP contribution in [0.5, 0.6) is 5.75 Å². The van der Waals surface area contributed by atoms with Gasteiger partial charge in [-0.05, 0) is 42.7 Å². The Kier molecular flexibility index (Phi) is 8.08. The van der Waals surface area contributed by atoms with Crippen molar-refractivity contribution < 1.29 is 19.1 Å². The quantitative estimate of drug-likeness (QED) is 0.451. The number of methoxy groups -OCH3 is 1. The van der Waals surface area contributed by atoms with E-state index in [4.69, 9.17) is 4.74 Å². The first-order chi connectivity index (χ1) is 15.5. The van der Waals surface area contributed by atoms with E-state index < -0.39 is 5.54 Å². The van der Waals surface area contributed by atoms with Gasteiger partial charge in [0.25, 0.3) is 5.91 Å². The molecule has 0 unspecified atom stereocenters. The monoisotopic (exact) mass is 438 g/mol. The first-order valence-corrected chi connectivity index (χ1v) is 10.8. The summed E-state index contributed by atoms with van der Waals surface area (Å²) >= 11 is 0. The van der Waals surface area contributed by atoms with Crippen LogP contribution in [0.4, 0.5) is 4.79 Å². The number of rotatable bonds is 9. The fraction of sp³-hybridized carbons (Fsp3) is 0.375. The standard InChI is InChI=1S/C24H30N4O4/c1-32-20-11-9-19(10-12-20)21(29)25-15-16-26-22(30)24(13-5-6-14-24)28-23(31)27-17-18-7-3-2-4-8-18/h2-4,7-12H,5-6,13-17H2,1H3,(H,25,29)(H,26,30)(H2,27,28,31). The third-order valence-electron chi connectivity index (χ3n) is 5.59. The first-order valence-electron chi connectivity index (χ1n) is 10.8. The third-order valence-corrected chi connectivity index (χ3v) is 5.59. The second kappa shape index (κ2) is 11.2. The molecule has 4 N–H and O–H groups in total. The second-order valence-corrected chi connectivity index (χ2v) is 7.82. The molecule has 2 aromatic rings. The number of hydrogen-bond acceptors (Lipinski definition) is 4. The summed E-state index contributed by atoms with van der Waals surface area (Å²) in [4.78, 5) is 37.5. The van der Waals surface area contributed by atoms with Crippen LogP contribution in [0.15, 0.2) is 54.6 Å². The Labute approximate surface area is 188 Å². The van der Waals surface area contributed by atoms with E-state index >= 15 is 0 Å². The lowest BCUT2D eigenvalue weighted by Gasteiger charge is -2.29. The zero-order chi connectivity index (χ0) is 22.8. The Morgan fingerprint density at radius 3 is 2.19 bits per heavy atom. The highest BCUT2D eigenvalue weighted by Gasteiger charge is 2.42. The molecule has 0 aliphatic heterocycles. The summed E-state index contributed by atoms with van der Waals surface area (Å²) in [6, 6.07) is 16.0. The molecule has 0 spiro atoms. The Balaban J connectivity index is 1.44. The lowest BCUT2D eigenvalue weighted by Crippen LogP contribution is -2.59. The average molecular weight is 439 g/mol. The number of hydrogen-bond donors (Lipinski definition) is 4. The topological polar surface area (TPSA) is 109 Å². The maximum atomic E-state index is 12.9. The van der Waals surface area contributed by atoms with Gasteiger partial charge in [0.05, 0.1) is 7.11 Å². The van der Waals surface area contributed by atoms with Gasteiger partial charge < -0.3 is 26.0 Å². The lowest BCUT2D eigenvalue weighted by molar-refractivity contribution is -0.127. The highest BCUT2D eigenvalue weighted by molar-refractivity contribution is 5.94. The highest BCUT2D eigenvalue weighted by atomic mass is 16.5. The molecule has 1 saturated carbocycles. The van der Waals surface area contributed by atoms with Crippen molar-refractivity contribution in [3.63, 3.8) is 0 Å². The van der Waals surface area contributed by atoms with Crippen molar-refractivity contribution in [3.05, 3.63) is 65.7 Å². The van der Waals surface area contributed by atoms with Gasteiger partial charge in [-0.15, -0.1) is 0 Å². The summed E-state index contributed by atoms with van der Waals surface area (Å²) in [5, 5.41) is 11.3. The summed E-state index contributed by atoms with van der Waals surface area (Å²) < 4.78 is 5.08. The molecule has 8 nitrogen and oxygen atoms in total. The van der Waals surface area contributed by atoms with Crippen molar-refractivity contribution in [3.8, 4) is 5.75 Å². The van der Waals surface area contributed by atoms with Crippen molar-refractivity contribution >= 4 is 17.8 Å². The number of urea groups is 1. The van der Waals surface area contributed by atoms with Crippen LogP contribution in [0, 0.1) is 0 Å². The largest absolute Gasteiger partial charge is 0.497 e. The Hall–Kier alpha value is -3.55. The predicted molar refractivity (Wildman–Crippen MR) is 121 cm³/mol. The van der Waals surface area contributed by atoms with E-state index in [9.17, 15) is 14.4 Å². The van der Waals surface area contributed by atoms with E-state index in [2.05, 4.69) is 21.3 Å². The van der Waals surface area contributed by atoms with Crippen LogP contribution in [0.2, 0.25) is 0 Å². The van der Waals surface area contributed by atoms with Gasteiger partial charge >= 0.3 is 6.03 Å². The SMILES string of the molecule is COc1ccc(C(=O)NCCNC(=O)C2(NC(=O)NCc3ccccc3)CCCC2)cc1. The Morgan fingerprint density at radius 1 is 0.875 bits per heavy atom. The molecule has 0 radical (unpaired) electrons. The molecule has 32 heavy (non-hydrogen) atoms. The van der Waals surface area contributed by atoms with Gasteiger partial charge in [-0.2, -0.15) is 0 Å². The van der Waals surface area contributed by atoms with Crippen LogP contribution in [0.3, 0.4) is 0 Å². The molecule has 170 valence electrons. The molecule has 0 saturated heterocycles. The van der Waals surface area contributed by atoms with Crippen LogP contribution in [-0.4, -0.2) is 43.6 Å². The fourth-order valence-electron chi connectivity index (χ4n) is 3.79. The van der Waals surface area contributed by atoms with Gasteiger partial charge in [0.2, 0.25) is 5.91 Å². The summed E-state index contributed by atoms with van der Waals surface area (Å²) in [6.45, 7) is 0.949. The summed E-state index contributed by atoms with van der Waals surface area (Å²) in [6.07, 6.45) is 2.94. The van der Waals surface area contributed by atoms with E-state index in [-0.39, 0.29) is 30.9 Å². The molecule has 4 amide bonds. The third kappa shape index (κ3) is 6.23. The van der Waals surface area contributed by atoms with E-state index in [1.165, 1.54) is 0 Å². The number of carbonyl (C=O) groups is 3. The number of amides is 4. The van der Waals surface area contributed by atoms with Gasteiger partial charge in [-0.25, -0.2) is 4.79 Å². The van der Waals surface area contributed by atoms with Crippen molar-refractivity contribution in [2.75, 3.05) is 20.2 Å². The summed E-state index contributed by atoms with van der Waals surface area (Å²) in [5.41, 5.74) is 0.585. The van der Waals surface area contributed by atoms with E-state index in [1.807, 2.05) is 30.3 Å². The normalized spacial score (nSPS) is 14.3. The van der Waals surface area contributed by atoms with Crippen molar-refractivity contribution in [2.24, 2.45) is 0 Å². The zero-order valence-corrected chi connectivity index (χ0v) is 18.3. The second-order valence-electron chi connectivity index (χ2n) is 7.82. The van der Waals surface area contributed by atoms with Crippen molar-refractivity contribution in [1.29, 1.82) is 0 Å². The minimum absolute atomic E-state index is 0.219. The molecular formula is C24H30N4O4. The van der Waals surface area contributed by atoms with Gasteiger partial charge in [-0.1, -0.05) is 43.2 Å². The number of nitrogens with one attached hydrogen (secondary N) is 4. The minimum Gasteiger partial charge on any atom is -0.497 e. The van der Waals surface area contributed by atoms with Crippen LogP contribution in [0.1, 0.15) is 41.6 Å². The Morgan fingerprint density at radius 2 is 1.53 bits per heavy atom. The molecule has 0 bridgehead atoms. The first kappa shape index (κ1) is 23.1. The van der Waals surface area contributed by atoms with Gasteiger partial charge in [-0.3, -0.25) is 9.59 Å². The zero-order valence-electron chi connectivity index (χ0n) is 18.3. The minimum atomic E-state index is -0.916. The van der Waals surface area contributed by atoms with Crippen LogP contribution >= 0.6 is 0 Å². The number of ether oxygens (including phenoxy) is 1. The highest BCUT2D eigenvalue weighted by Crippen LogP contribution is 2.29. The molecule has 0 heterocycles. The average Bonchev–Trinajstić information content (AvgIpc) is 3.30. The van der Waals surface area contributed by atoms with Crippen LogP contribution in [-0.2, 0) is 11.3 Å². The van der Waals surface area contributed by atoms with Crippen LogP contribution < -0.4 is 26.0 Å². The van der Waals surface area contributed by atoms with E-state index in [1.54, 1.807) is 31.4 Å². The summed E-state index contributed by atoms with van der Waals surface area (Å²) in [5.74, 6) is 0.232. The van der Waals surface area contributed by atoms with E-state index in [0.717, 1.165) is 18.4 Å². The molecule has 2 aromatic carbocycles. The van der Waals surface area contributed by atoms with Crippen molar-refractivity contribution in [1.82, 2.24) is 21.3 Å². The molecule has 1 aliphatic rings. The Bertz CT molecular complexity index is 909. The van der Waals surface area contributed by atoms with Crippen molar-refractivity contribution in [2.45, 2.75) is 37.8 Å². The van der Waals surface area contributed by atoms with Crippen LogP contribution in [0.25, 0.3) is 0 Å². The summed E-state index contributed by atoms with van der Waals surface area (Å²) in [7, 11) is 1.57.